The number of piperazine rings is 1. The molecule has 3 heterocycles. The van der Waals surface area contributed by atoms with Gasteiger partial charge in [-0.05, 0) is 55.3 Å². The highest BCUT2D eigenvalue weighted by molar-refractivity contribution is 7.98. The number of thioether (sulfide) groups is 1. The van der Waals surface area contributed by atoms with Crippen LogP contribution < -0.4 is 15.0 Å². The Hall–Kier alpha value is -2.55. The summed E-state index contributed by atoms with van der Waals surface area (Å²) in [5.74, 6) is 1.05. The maximum Gasteiger partial charge on any atom is 0.220 e. The zero-order valence-electron chi connectivity index (χ0n) is 20.5. The third-order valence-electron chi connectivity index (χ3n) is 7.41. The van der Waals surface area contributed by atoms with Crippen LogP contribution in [0.1, 0.15) is 13.3 Å². The molecule has 0 saturated carbocycles. The molecule has 0 bridgehead atoms. The molecule has 2 aromatic rings. The third kappa shape index (κ3) is 5.20. The molecule has 3 aliphatic heterocycles. The number of hydrogen-bond acceptors (Lipinski definition) is 7. The van der Waals surface area contributed by atoms with Gasteiger partial charge in [-0.15, -0.1) is 11.8 Å². The van der Waals surface area contributed by atoms with E-state index >= 15 is 0 Å². The van der Waals surface area contributed by atoms with E-state index in [1.807, 2.05) is 13.2 Å². The molecule has 8 heteroatoms. The second kappa shape index (κ2) is 10.6. The van der Waals surface area contributed by atoms with Crippen molar-refractivity contribution in [3.8, 4) is 16.9 Å². The van der Waals surface area contributed by atoms with Crippen LogP contribution in [0.3, 0.4) is 0 Å². The Morgan fingerprint density at radius 3 is 2.46 bits per heavy atom. The van der Waals surface area contributed by atoms with Crippen LogP contribution in [-0.4, -0.2) is 81.9 Å². The first-order valence-electron chi connectivity index (χ1n) is 12.3. The van der Waals surface area contributed by atoms with Crippen LogP contribution in [0.2, 0.25) is 0 Å². The summed E-state index contributed by atoms with van der Waals surface area (Å²) in [6.07, 6.45) is 2.45. The van der Waals surface area contributed by atoms with E-state index in [2.05, 4.69) is 63.2 Å². The van der Waals surface area contributed by atoms with Gasteiger partial charge in [-0.2, -0.15) is 0 Å². The minimum Gasteiger partial charge on any atom is -0.489 e. The van der Waals surface area contributed by atoms with Gasteiger partial charge in [-0.1, -0.05) is 12.1 Å². The van der Waals surface area contributed by atoms with Crippen LogP contribution in [0.15, 0.2) is 46.3 Å². The standard InChI is InChI=1S/C27H34N4O3S/c1-18(21-14-26(32)29-15-21)34-25-13-20(12-24(28-2)27(25)35-3)19-4-6-22(7-5-19)30-8-10-31(11-9-30)23-16-33-17-23/h4-7,12-13,18,21,23H,2,8-11,14-17H2,1,3H3,(H,29,32)/t18-,21?/m0/s1. The minimum absolute atomic E-state index is 0.0830. The van der Waals surface area contributed by atoms with Gasteiger partial charge in [0.25, 0.3) is 0 Å². The number of nitrogens with zero attached hydrogens (tertiary/aromatic N) is 3. The van der Waals surface area contributed by atoms with Crippen molar-refractivity contribution in [2.75, 3.05) is 57.1 Å². The average molecular weight is 495 g/mol. The lowest BCUT2D eigenvalue weighted by Crippen LogP contribution is -2.56. The van der Waals surface area contributed by atoms with Crippen LogP contribution in [0.4, 0.5) is 11.4 Å². The number of ether oxygens (including phenoxy) is 2. The molecule has 1 unspecified atom stereocenters. The second-order valence-corrected chi connectivity index (χ2v) is 10.4. The molecule has 186 valence electrons. The van der Waals surface area contributed by atoms with Gasteiger partial charge in [0.15, 0.2) is 0 Å². The predicted octanol–water partition coefficient (Wildman–Crippen LogP) is 3.83. The summed E-state index contributed by atoms with van der Waals surface area (Å²) in [6.45, 7) is 12.5. The van der Waals surface area contributed by atoms with Crippen LogP contribution in [0.5, 0.6) is 5.75 Å². The number of hydrogen-bond donors (Lipinski definition) is 1. The number of anilines is 1. The molecule has 0 spiro atoms. The van der Waals surface area contributed by atoms with Crippen molar-refractivity contribution in [1.82, 2.24) is 10.2 Å². The summed E-state index contributed by atoms with van der Waals surface area (Å²) < 4.78 is 11.8. The highest BCUT2D eigenvalue weighted by Crippen LogP contribution is 2.42. The zero-order chi connectivity index (χ0) is 24.4. The minimum atomic E-state index is -0.0830. The van der Waals surface area contributed by atoms with Gasteiger partial charge < -0.3 is 19.7 Å². The van der Waals surface area contributed by atoms with E-state index in [-0.39, 0.29) is 17.9 Å². The first-order valence-corrected chi connectivity index (χ1v) is 13.6. The van der Waals surface area contributed by atoms with E-state index in [1.165, 1.54) is 5.69 Å². The van der Waals surface area contributed by atoms with Gasteiger partial charge in [-0.3, -0.25) is 14.7 Å². The summed E-state index contributed by atoms with van der Waals surface area (Å²) in [5.41, 5.74) is 4.24. The molecule has 3 fully saturated rings. The van der Waals surface area contributed by atoms with E-state index in [1.54, 1.807) is 11.8 Å². The number of carbonyl (C=O) groups excluding carboxylic acids is 1. The average Bonchev–Trinajstić information content (AvgIpc) is 3.29. The summed E-state index contributed by atoms with van der Waals surface area (Å²) in [5, 5.41) is 2.91. The van der Waals surface area contributed by atoms with Gasteiger partial charge in [0.05, 0.1) is 29.8 Å². The summed E-state index contributed by atoms with van der Waals surface area (Å²) in [7, 11) is 0. The predicted molar refractivity (Wildman–Crippen MR) is 142 cm³/mol. The van der Waals surface area contributed by atoms with Crippen LogP contribution in [-0.2, 0) is 9.53 Å². The smallest absolute Gasteiger partial charge is 0.220 e. The lowest BCUT2D eigenvalue weighted by Gasteiger charge is -2.43. The number of rotatable bonds is 8. The summed E-state index contributed by atoms with van der Waals surface area (Å²) in [4.78, 5) is 21.9. The Morgan fingerprint density at radius 1 is 1.14 bits per heavy atom. The van der Waals surface area contributed by atoms with Crippen molar-refractivity contribution >= 4 is 35.8 Å². The van der Waals surface area contributed by atoms with Crippen LogP contribution in [0, 0.1) is 5.92 Å². The molecular formula is C27H34N4O3S. The fourth-order valence-electron chi connectivity index (χ4n) is 5.06. The van der Waals surface area contributed by atoms with E-state index in [0.29, 0.717) is 19.0 Å². The molecule has 5 rings (SSSR count). The second-order valence-electron chi connectivity index (χ2n) is 9.54. The molecule has 1 N–H and O–H groups in total. The number of amides is 1. The molecular weight excluding hydrogens is 460 g/mol. The fourth-order valence-corrected chi connectivity index (χ4v) is 5.71. The van der Waals surface area contributed by atoms with Gasteiger partial charge in [-0.25, -0.2) is 0 Å². The largest absolute Gasteiger partial charge is 0.489 e. The van der Waals surface area contributed by atoms with E-state index < -0.39 is 0 Å². The van der Waals surface area contributed by atoms with E-state index in [4.69, 9.17) is 9.47 Å². The van der Waals surface area contributed by atoms with Crippen LogP contribution >= 0.6 is 11.8 Å². The first kappa shape index (κ1) is 24.2. The van der Waals surface area contributed by atoms with Crippen molar-refractivity contribution in [2.24, 2.45) is 10.9 Å². The zero-order valence-corrected chi connectivity index (χ0v) is 21.4. The molecule has 1 amide bonds. The number of aliphatic imine (C=N–C) groups is 1. The van der Waals surface area contributed by atoms with Crippen molar-refractivity contribution in [3.05, 3.63) is 36.4 Å². The fraction of sp³-hybridized carbons (Fsp3) is 0.481. The van der Waals surface area contributed by atoms with E-state index in [0.717, 1.165) is 66.9 Å². The highest BCUT2D eigenvalue weighted by atomic mass is 32.2. The summed E-state index contributed by atoms with van der Waals surface area (Å²) >= 11 is 1.60. The molecule has 3 saturated heterocycles. The number of benzene rings is 2. The molecule has 0 aromatic heterocycles. The monoisotopic (exact) mass is 494 g/mol. The maximum absolute atomic E-state index is 11.7. The molecule has 35 heavy (non-hydrogen) atoms. The van der Waals surface area contributed by atoms with Gasteiger partial charge in [0, 0.05) is 50.7 Å². The topological polar surface area (TPSA) is 66.4 Å². The van der Waals surface area contributed by atoms with Crippen molar-refractivity contribution in [1.29, 1.82) is 0 Å². The van der Waals surface area contributed by atoms with Crippen LogP contribution in [0.25, 0.3) is 11.1 Å². The first-order chi connectivity index (χ1) is 17.1. The number of carbonyl (C=O) groups is 1. The normalized spacial score (nSPS) is 21.9. The summed E-state index contributed by atoms with van der Waals surface area (Å²) in [6, 6.07) is 13.5. The lowest BCUT2D eigenvalue weighted by atomic mass is 10.0. The van der Waals surface area contributed by atoms with Crippen molar-refractivity contribution in [3.63, 3.8) is 0 Å². The molecule has 3 aliphatic rings. The molecule has 0 radical (unpaired) electrons. The Bertz CT molecular complexity index is 1060. The SMILES string of the molecule is C=Nc1cc(-c2ccc(N3CCN(C4COC4)CC3)cc2)cc(O[C@@H](C)C2CNC(=O)C2)c1SC. The Morgan fingerprint density at radius 2 is 1.89 bits per heavy atom. The molecule has 0 aliphatic carbocycles. The third-order valence-corrected chi connectivity index (χ3v) is 8.23. The molecule has 7 nitrogen and oxygen atoms in total. The maximum atomic E-state index is 11.7. The molecule has 2 aromatic carbocycles. The Kier molecular flexibility index (Phi) is 7.32. The molecule has 2 atom stereocenters. The van der Waals surface area contributed by atoms with Gasteiger partial charge in [0.1, 0.15) is 11.9 Å². The van der Waals surface area contributed by atoms with Gasteiger partial charge in [0.2, 0.25) is 5.91 Å². The quantitative estimate of drug-likeness (QED) is 0.445. The Balaban J connectivity index is 1.32. The van der Waals surface area contributed by atoms with Crippen molar-refractivity contribution < 1.29 is 14.3 Å². The lowest BCUT2D eigenvalue weighted by molar-refractivity contribution is -0.119. The highest BCUT2D eigenvalue weighted by Gasteiger charge is 2.30. The number of nitrogens with one attached hydrogen (secondary N) is 1. The van der Waals surface area contributed by atoms with Gasteiger partial charge >= 0.3 is 0 Å². The van der Waals surface area contributed by atoms with E-state index in [9.17, 15) is 4.79 Å². The Labute approximate surface area is 211 Å². The van der Waals surface area contributed by atoms with Crippen molar-refractivity contribution in [2.45, 2.75) is 30.4 Å².